The molecule has 1 amide bonds. The molecule has 0 unspecified atom stereocenters. The van der Waals surface area contributed by atoms with Crippen LogP contribution in [0.3, 0.4) is 0 Å². The van der Waals surface area contributed by atoms with Crippen molar-refractivity contribution in [2.45, 2.75) is 83.5 Å². The number of hydrogen-bond donors (Lipinski definition) is 2. The molecule has 0 aromatic heterocycles. The van der Waals surface area contributed by atoms with Crippen molar-refractivity contribution in [1.29, 1.82) is 0 Å². The van der Waals surface area contributed by atoms with Crippen LogP contribution in [0.25, 0.3) is 0 Å². The van der Waals surface area contributed by atoms with Crippen LogP contribution in [0.5, 0.6) is 0 Å². The summed E-state index contributed by atoms with van der Waals surface area (Å²) in [5.74, 6) is 0.648. The number of carbonyl (C=O) groups is 2. The second kappa shape index (κ2) is 14.6. The largest absolute Gasteiger partial charge is 0.481 e. The second-order valence-electron chi connectivity index (χ2n) is 6.98. The van der Waals surface area contributed by atoms with Gasteiger partial charge in [-0.3, -0.25) is 9.59 Å². The Kier molecular flexibility index (Phi) is 13.0. The fourth-order valence-corrected chi connectivity index (χ4v) is 3.95. The number of hydrogen-bond acceptors (Lipinski definition) is 3. The van der Waals surface area contributed by atoms with Crippen molar-refractivity contribution < 1.29 is 14.7 Å². The Morgan fingerprint density at radius 2 is 1.38 bits per heavy atom. The Bertz CT molecular complexity index is 336. The predicted molar refractivity (Wildman–Crippen MR) is 101 cm³/mol. The highest BCUT2D eigenvalue weighted by molar-refractivity contribution is 7.99. The summed E-state index contributed by atoms with van der Waals surface area (Å²) in [4.78, 5) is 22.5. The van der Waals surface area contributed by atoms with Gasteiger partial charge in [-0.1, -0.05) is 64.2 Å². The molecular formula is C19H35NO3S. The smallest absolute Gasteiger partial charge is 0.313 e. The SMILES string of the molecule is O=C(O)CSCCNC(=O)CC1CCCCCCCCCCCC1. The minimum absolute atomic E-state index is 0.110. The summed E-state index contributed by atoms with van der Waals surface area (Å²) >= 11 is 1.35. The molecule has 2 N–H and O–H groups in total. The lowest BCUT2D eigenvalue weighted by Crippen LogP contribution is -2.28. The zero-order valence-corrected chi connectivity index (χ0v) is 15.9. The molecule has 0 bridgehead atoms. The average molecular weight is 358 g/mol. The first-order valence-electron chi connectivity index (χ1n) is 9.74. The third-order valence-electron chi connectivity index (χ3n) is 4.74. The van der Waals surface area contributed by atoms with Crippen molar-refractivity contribution in [3.63, 3.8) is 0 Å². The molecule has 1 fully saturated rings. The molecule has 1 rings (SSSR count). The van der Waals surface area contributed by atoms with Gasteiger partial charge < -0.3 is 10.4 Å². The number of carboxylic acids is 1. The van der Waals surface area contributed by atoms with Crippen LogP contribution >= 0.6 is 11.8 Å². The maximum absolute atomic E-state index is 12.1. The topological polar surface area (TPSA) is 66.4 Å². The molecule has 0 atom stereocenters. The third kappa shape index (κ3) is 12.7. The van der Waals surface area contributed by atoms with Crippen molar-refractivity contribution in [3.05, 3.63) is 0 Å². The molecule has 4 nitrogen and oxygen atoms in total. The van der Waals surface area contributed by atoms with Gasteiger partial charge in [-0.25, -0.2) is 0 Å². The van der Waals surface area contributed by atoms with Gasteiger partial charge in [-0.2, -0.15) is 0 Å². The summed E-state index contributed by atoms with van der Waals surface area (Å²) in [5.41, 5.74) is 0. The molecule has 0 radical (unpaired) electrons. The fourth-order valence-electron chi connectivity index (χ4n) is 3.39. The predicted octanol–water partition coefficient (Wildman–Crippen LogP) is 4.62. The van der Waals surface area contributed by atoms with E-state index >= 15 is 0 Å². The number of carbonyl (C=O) groups excluding carboxylic acids is 1. The van der Waals surface area contributed by atoms with Crippen LogP contribution in [0.1, 0.15) is 83.5 Å². The van der Waals surface area contributed by atoms with Gasteiger partial charge in [-0.15, -0.1) is 11.8 Å². The van der Waals surface area contributed by atoms with Crippen molar-refractivity contribution in [3.8, 4) is 0 Å². The van der Waals surface area contributed by atoms with Gasteiger partial charge in [0.2, 0.25) is 5.91 Å². The van der Waals surface area contributed by atoms with E-state index < -0.39 is 5.97 Å². The summed E-state index contributed by atoms with van der Waals surface area (Å²) in [7, 11) is 0. The molecule has 0 saturated heterocycles. The van der Waals surface area contributed by atoms with Crippen LogP contribution in [-0.4, -0.2) is 35.0 Å². The highest BCUT2D eigenvalue weighted by atomic mass is 32.2. The number of thioether (sulfide) groups is 1. The van der Waals surface area contributed by atoms with Gasteiger partial charge in [-0.05, 0) is 18.8 Å². The first-order chi connectivity index (χ1) is 11.7. The van der Waals surface area contributed by atoms with Crippen LogP contribution < -0.4 is 5.32 Å². The van der Waals surface area contributed by atoms with Crippen LogP contribution in [0, 0.1) is 5.92 Å². The molecule has 1 aliphatic carbocycles. The Balaban J connectivity index is 2.21. The quantitative estimate of drug-likeness (QED) is 0.652. The molecule has 1 aliphatic rings. The molecular weight excluding hydrogens is 322 g/mol. The molecule has 0 aliphatic heterocycles. The van der Waals surface area contributed by atoms with Gasteiger partial charge in [0.05, 0.1) is 5.75 Å². The lowest BCUT2D eigenvalue weighted by Gasteiger charge is -2.16. The van der Waals surface area contributed by atoms with E-state index in [1.54, 1.807) is 0 Å². The summed E-state index contributed by atoms with van der Waals surface area (Å²) in [6.45, 7) is 0.573. The van der Waals surface area contributed by atoms with Gasteiger partial charge in [0, 0.05) is 18.7 Å². The van der Waals surface area contributed by atoms with Crippen LogP contribution in [0.4, 0.5) is 0 Å². The van der Waals surface area contributed by atoms with Gasteiger partial charge in [0.1, 0.15) is 0 Å². The first kappa shape index (κ1) is 21.3. The number of amides is 1. The molecule has 140 valence electrons. The highest BCUT2D eigenvalue weighted by Gasteiger charge is 2.14. The minimum Gasteiger partial charge on any atom is -0.481 e. The molecule has 24 heavy (non-hydrogen) atoms. The molecule has 0 aromatic carbocycles. The number of carboxylic acid groups (broad SMARTS) is 1. The van der Waals surface area contributed by atoms with E-state index in [1.165, 1.54) is 88.8 Å². The maximum atomic E-state index is 12.1. The first-order valence-corrected chi connectivity index (χ1v) is 10.9. The molecule has 5 heteroatoms. The van der Waals surface area contributed by atoms with Crippen molar-refractivity contribution in [2.24, 2.45) is 5.92 Å². The second-order valence-corrected chi connectivity index (χ2v) is 8.08. The van der Waals surface area contributed by atoms with Gasteiger partial charge in [0.25, 0.3) is 0 Å². The summed E-state index contributed by atoms with van der Waals surface area (Å²) in [6.07, 6.45) is 16.4. The van der Waals surface area contributed by atoms with E-state index in [9.17, 15) is 9.59 Å². The summed E-state index contributed by atoms with van der Waals surface area (Å²) in [6, 6.07) is 0. The Morgan fingerprint density at radius 1 is 0.875 bits per heavy atom. The fraction of sp³-hybridized carbons (Fsp3) is 0.895. The van der Waals surface area contributed by atoms with E-state index in [1.807, 2.05) is 0 Å². The standard InChI is InChI=1S/C19H35NO3S/c21-18(20-13-14-24-16-19(22)23)15-17-11-9-7-5-3-1-2-4-6-8-10-12-17/h17H,1-16H2,(H,20,21)(H,22,23). The van der Waals surface area contributed by atoms with Crippen LogP contribution in [0.2, 0.25) is 0 Å². The maximum Gasteiger partial charge on any atom is 0.313 e. The van der Waals surface area contributed by atoms with Crippen LogP contribution in [0.15, 0.2) is 0 Å². The van der Waals surface area contributed by atoms with Crippen molar-refractivity contribution in [2.75, 3.05) is 18.1 Å². The summed E-state index contributed by atoms with van der Waals surface area (Å²) < 4.78 is 0. The molecule has 0 heterocycles. The van der Waals surface area contributed by atoms with E-state index in [0.717, 1.165) is 0 Å². The molecule has 1 saturated carbocycles. The van der Waals surface area contributed by atoms with Crippen molar-refractivity contribution in [1.82, 2.24) is 5.32 Å². The Hall–Kier alpha value is -0.710. The zero-order chi connectivity index (χ0) is 17.5. The van der Waals surface area contributed by atoms with Gasteiger partial charge >= 0.3 is 5.97 Å². The summed E-state index contributed by atoms with van der Waals surface area (Å²) in [5, 5.41) is 11.5. The number of aliphatic carboxylic acids is 1. The van der Waals surface area contributed by atoms with Crippen molar-refractivity contribution >= 4 is 23.6 Å². The Labute approximate surface area is 151 Å². The third-order valence-corrected chi connectivity index (χ3v) is 5.69. The van der Waals surface area contributed by atoms with Crippen LogP contribution in [-0.2, 0) is 9.59 Å². The number of nitrogens with one attached hydrogen (secondary N) is 1. The van der Waals surface area contributed by atoms with E-state index in [2.05, 4.69) is 5.32 Å². The normalized spacial score (nSPS) is 18.8. The van der Waals surface area contributed by atoms with Gasteiger partial charge in [0.15, 0.2) is 0 Å². The van der Waals surface area contributed by atoms with E-state index in [4.69, 9.17) is 5.11 Å². The lowest BCUT2D eigenvalue weighted by molar-refractivity contribution is -0.133. The number of rotatable bonds is 7. The Morgan fingerprint density at radius 3 is 1.88 bits per heavy atom. The average Bonchev–Trinajstić information content (AvgIpc) is 2.56. The molecule has 0 spiro atoms. The van der Waals surface area contributed by atoms with E-state index in [0.29, 0.717) is 24.6 Å². The highest BCUT2D eigenvalue weighted by Crippen LogP contribution is 2.23. The zero-order valence-electron chi connectivity index (χ0n) is 15.1. The lowest BCUT2D eigenvalue weighted by atomic mass is 9.91. The molecule has 0 aromatic rings. The minimum atomic E-state index is -0.796. The monoisotopic (exact) mass is 357 g/mol. The van der Waals surface area contributed by atoms with E-state index in [-0.39, 0.29) is 11.7 Å².